The maximum atomic E-state index is 11.7. The molecule has 0 saturated carbocycles. The normalized spacial score (nSPS) is 12.5. The van der Waals surface area contributed by atoms with Gasteiger partial charge in [0, 0.05) is 12.8 Å². The molecule has 0 aromatic heterocycles. The van der Waals surface area contributed by atoms with Crippen LogP contribution in [0.4, 0.5) is 0 Å². The quantitative estimate of drug-likeness (QED) is 0.400. The lowest BCUT2D eigenvalue weighted by atomic mass is 10.1. The fourth-order valence-corrected chi connectivity index (χ4v) is 2.22. The standard InChI is InChI=1S/C18H29N3O4/c1-21(2,3)11-4-5-17(22)20-10-12-25-15-8-6-14(7-9-15)13-16(19)18(23)24/h6-9,16H,4-5,10-13,19H2,1-3H3,(H-,20,22,23,24)/p+1/t16-/m0/s1. The largest absolute Gasteiger partial charge is 0.492 e. The van der Waals surface area contributed by atoms with E-state index in [-0.39, 0.29) is 12.3 Å². The molecular weight excluding hydrogens is 322 g/mol. The minimum absolute atomic E-state index is 0.0371. The Labute approximate surface area is 149 Å². The van der Waals surface area contributed by atoms with Crippen molar-refractivity contribution in [2.24, 2.45) is 5.73 Å². The highest BCUT2D eigenvalue weighted by atomic mass is 16.5. The second kappa shape index (κ2) is 10.0. The molecule has 0 spiro atoms. The SMILES string of the molecule is C[N+](C)(C)CCCC(=O)NCCOc1ccc(C[C@H](N)C(=O)O)cc1. The van der Waals surface area contributed by atoms with E-state index in [4.69, 9.17) is 15.6 Å². The fourth-order valence-electron chi connectivity index (χ4n) is 2.22. The van der Waals surface area contributed by atoms with Crippen LogP contribution < -0.4 is 15.8 Å². The molecular formula is C18H30N3O4+. The van der Waals surface area contributed by atoms with Crippen LogP contribution in [0.5, 0.6) is 5.75 Å². The summed E-state index contributed by atoms with van der Waals surface area (Å²) in [6.07, 6.45) is 1.66. The first kappa shape index (κ1) is 20.9. The third-order valence-corrected chi connectivity index (χ3v) is 3.62. The van der Waals surface area contributed by atoms with Crippen LogP contribution in [-0.2, 0) is 16.0 Å². The van der Waals surface area contributed by atoms with E-state index < -0.39 is 12.0 Å². The van der Waals surface area contributed by atoms with Gasteiger partial charge in [-0.05, 0) is 24.1 Å². The van der Waals surface area contributed by atoms with Crippen molar-refractivity contribution in [1.82, 2.24) is 5.32 Å². The highest BCUT2D eigenvalue weighted by Crippen LogP contribution is 2.13. The number of carboxylic acid groups (broad SMARTS) is 1. The van der Waals surface area contributed by atoms with Crippen LogP contribution in [0.25, 0.3) is 0 Å². The number of carbonyl (C=O) groups excluding carboxylic acids is 1. The molecule has 25 heavy (non-hydrogen) atoms. The van der Waals surface area contributed by atoms with Gasteiger partial charge in [-0.2, -0.15) is 0 Å². The van der Waals surface area contributed by atoms with Gasteiger partial charge in [0.25, 0.3) is 0 Å². The number of nitrogens with zero attached hydrogens (tertiary/aromatic N) is 1. The molecule has 0 saturated heterocycles. The number of quaternary nitrogens is 1. The van der Waals surface area contributed by atoms with Gasteiger partial charge in [0.05, 0.1) is 34.2 Å². The number of carbonyl (C=O) groups is 2. The van der Waals surface area contributed by atoms with Gasteiger partial charge in [0.1, 0.15) is 18.4 Å². The molecule has 0 radical (unpaired) electrons. The van der Waals surface area contributed by atoms with E-state index in [9.17, 15) is 9.59 Å². The van der Waals surface area contributed by atoms with Gasteiger partial charge in [0.15, 0.2) is 0 Å². The topological polar surface area (TPSA) is 102 Å². The summed E-state index contributed by atoms with van der Waals surface area (Å²) in [6, 6.07) is 6.22. The molecule has 0 aliphatic carbocycles. The van der Waals surface area contributed by atoms with Crippen molar-refractivity contribution in [1.29, 1.82) is 0 Å². The average Bonchev–Trinajstić information content (AvgIpc) is 2.51. The Morgan fingerprint density at radius 1 is 1.24 bits per heavy atom. The number of ether oxygens (including phenoxy) is 1. The van der Waals surface area contributed by atoms with E-state index in [1.54, 1.807) is 24.3 Å². The Balaban J connectivity index is 2.21. The zero-order chi connectivity index (χ0) is 18.9. The van der Waals surface area contributed by atoms with Gasteiger partial charge in [-0.25, -0.2) is 0 Å². The third kappa shape index (κ3) is 9.69. The molecule has 0 heterocycles. The summed E-state index contributed by atoms with van der Waals surface area (Å²) in [6.45, 7) is 1.80. The lowest BCUT2D eigenvalue weighted by molar-refractivity contribution is -0.870. The first-order valence-electron chi connectivity index (χ1n) is 8.44. The predicted octanol–water partition coefficient (Wildman–Crippen LogP) is 0.622. The lowest BCUT2D eigenvalue weighted by Gasteiger charge is -2.23. The Morgan fingerprint density at radius 2 is 1.88 bits per heavy atom. The summed E-state index contributed by atoms with van der Waals surface area (Å²) in [5.74, 6) is -0.306. The summed E-state index contributed by atoms with van der Waals surface area (Å²) in [7, 11) is 6.31. The molecule has 1 atom stereocenters. The van der Waals surface area contributed by atoms with Crippen molar-refractivity contribution >= 4 is 11.9 Å². The predicted molar refractivity (Wildman–Crippen MR) is 96.4 cm³/mol. The summed E-state index contributed by atoms with van der Waals surface area (Å²) in [5.41, 5.74) is 6.34. The van der Waals surface area contributed by atoms with Crippen LogP contribution in [-0.4, -0.2) is 68.3 Å². The van der Waals surface area contributed by atoms with Crippen molar-refractivity contribution in [3.8, 4) is 5.75 Å². The van der Waals surface area contributed by atoms with Crippen LogP contribution in [0, 0.1) is 0 Å². The minimum Gasteiger partial charge on any atom is -0.492 e. The first-order valence-corrected chi connectivity index (χ1v) is 8.44. The molecule has 140 valence electrons. The van der Waals surface area contributed by atoms with Crippen LogP contribution in [0.1, 0.15) is 18.4 Å². The zero-order valence-corrected chi connectivity index (χ0v) is 15.3. The van der Waals surface area contributed by atoms with Gasteiger partial charge < -0.3 is 25.4 Å². The monoisotopic (exact) mass is 352 g/mol. The third-order valence-electron chi connectivity index (χ3n) is 3.62. The number of rotatable bonds is 11. The summed E-state index contributed by atoms with van der Waals surface area (Å²) < 4.78 is 6.41. The smallest absolute Gasteiger partial charge is 0.320 e. The van der Waals surface area contributed by atoms with Gasteiger partial charge in [0.2, 0.25) is 5.91 Å². The van der Waals surface area contributed by atoms with Crippen LogP contribution in [0.2, 0.25) is 0 Å². The Bertz CT molecular complexity index is 552. The molecule has 0 aliphatic heterocycles. The van der Waals surface area contributed by atoms with Crippen molar-refractivity contribution < 1.29 is 23.9 Å². The van der Waals surface area contributed by atoms with Crippen LogP contribution in [0.3, 0.4) is 0 Å². The van der Waals surface area contributed by atoms with E-state index in [0.29, 0.717) is 25.3 Å². The second-order valence-corrected chi connectivity index (χ2v) is 7.11. The molecule has 4 N–H and O–H groups in total. The number of hydrogen-bond donors (Lipinski definition) is 3. The van der Waals surface area contributed by atoms with E-state index in [0.717, 1.165) is 23.0 Å². The van der Waals surface area contributed by atoms with Gasteiger partial charge >= 0.3 is 5.97 Å². The number of benzene rings is 1. The Hall–Kier alpha value is -2.12. The molecule has 0 unspecified atom stereocenters. The molecule has 1 amide bonds. The molecule has 7 nitrogen and oxygen atoms in total. The molecule has 1 rings (SSSR count). The number of aliphatic carboxylic acids is 1. The summed E-state index contributed by atoms with van der Waals surface area (Å²) >= 11 is 0. The number of carboxylic acids is 1. The number of amides is 1. The second-order valence-electron chi connectivity index (χ2n) is 7.11. The number of nitrogens with two attached hydrogens (primary N) is 1. The van der Waals surface area contributed by atoms with E-state index in [1.165, 1.54) is 0 Å². The number of nitrogens with one attached hydrogen (secondary N) is 1. The molecule has 0 fully saturated rings. The van der Waals surface area contributed by atoms with E-state index in [1.807, 2.05) is 0 Å². The van der Waals surface area contributed by atoms with Gasteiger partial charge in [-0.1, -0.05) is 12.1 Å². The molecule has 7 heteroatoms. The molecule has 1 aromatic rings. The maximum Gasteiger partial charge on any atom is 0.320 e. The summed E-state index contributed by atoms with van der Waals surface area (Å²) in [5, 5.41) is 11.6. The van der Waals surface area contributed by atoms with Crippen molar-refractivity contribution in [3.63, 3.8) is 0 Å². The number of hydrogen-bond acceptors (Lipinski definition) is 4. The minimum atomic E-state index is -1.02. The average molecular weight is 352 g/mol. The molecule has 1 aromatic carbocycles. The molecule has 0 aliphatic rings. The van der Waals surface area contributed by atoms with Gasteiger partial charge in [-0.3, -0.25) is 9.59 Å². The van der Waals surface area contributed by atoms with Crippen molar-refractivity contribution in [2.75, 3.05) is 40.8 Å². The highest BCUT2D eigenvalue weighted by Gasteiger charge is 2.12. The first-order chi connectivity index (χ1) is 11.7. The van der Waals surface area contributed by atoms with Crippen molar-refractivity contribution in [3.05, 3.63) is 29.8 Å². The summed E-state index contributed by atoms with van der Waals surface area (Å²) in [4.78, 5) is 22.4. The lowest BCUT2D eigenvalue weighted by Crippen LogP contribution is -2.36. The Morgan fingerprint density at radius 3 is 2.44 bits per heavy atom. The fraction of sp³-hybridized carbons (Fsp3) is 0.556. The molecule has 0 bridgehead atoms. The van der Waals surface area contributed by atoms with Crippen LogP contribution in [0.15, 0.2) is 24.3 Å². The zero-order valence-electron chi connectivity index (χ0n) is 15.3. The maximum absolute atomic E-state index is 11.7. The van der Waals surface area contributed by atoms with E-state index >= 15 is 0 Å². The van der Waals surface area contributed by atoms with Crippen LogP contribution >= 0.6 is 0 Å². The van der Waals surface area contributed by atoms with Crippen molar-refractivity contribution in [2.45, 2.75) is 25.3 Å². The Kier molecular flexibility index (Phi) is 8.37. The highest BCUT2D eigenvalue weighted by molar-refractivity contribution is 5.75. The van der Waals surface area contributed by atoms with E-state index in [2.05, 4.69) is 26.5 Å². The van der Waals surface area contributed by atoms with Gasteiger partial charge in [-0.15, -0.1) is 0 Å².